The molecule has 0 N–H and O–H groups in total. The summed E-state index contributed by atoms with van der Waals surface area (Å²) in [5.41, 5.74) is 3.64. The van der Waals surface area contributed by atoms with Gasteiger partial charge in [0.25, 0.3) is 0 Å². The number of hydrogen-bond donors (Lipinski definition) is 0. The van der Waals surface area contributed by atoms with Crippen LogP contribution in [0.15, 0.2) is 18.2 Å². The van der Waals surface area contributed by atoms with Crippen LogP contribution in [0.25, 0.3) is 10.6 Å². The molecule has 2 aromatic rings. The monoisotopic (exact) mass is 252 g/mol. The van der Waals surface area contributed by atoms with Crippen LogP contribution < -0.4 is 0 Å². The van der Waals surface area contributed by atoms with E-state index in [-0.39, 0.29) is 5.38 Å². The first-order chi connectivity index (χ1) is 7.59. The summed E-state index contributed by atoms with van der Waals surface area (Å²) >= 11 is 7.56. The summed E-state index contributed by atoms with van der Waals surface area (Å²) in [4.78, 5) is 0. The molecule has 0 amide bonds. The second kappa shape index (κ2) is 4.52. The smallest absolute Gasteiger partial charge is 0.142 e. The van der Waals surface area contributed by atoms with Crippen molar-refractivity contribution in [3.05, 3.63) is 34.3 Å². The molecular formula is C12H13ClN2S. The predicted molar refractivity (Wildman–Crippen MR) is 69.1 cm³/mol. The van der Waals surface area contributed by atoms with Crippen molar-refractivity contribution in [2.45, 2.75) is 26.1 Å². The third-order valence-corrected chi connectivity index (χ3v) is 3.94. The molecule has 2 rings (SSSR count). The Morgan fingerprint density at radius 2 is 1.81 bits per heavy atom. The van der Waals surface area contributed by atoms with Crippen LogP contribution in [0.3, 0.4) is 0 Å². The van der Waals surface area contributed by atoms with E-state index in [1.54, 1.807) is 11.3 Å². The molecular weight excluding hydrogens is 240 g/mol. The van der Waals surface area contributed by atoms with E-state index in [2.05, 4.69) is 42.2 Å². The van der Waals surface area contributed by atoms with Gasteiger partial charge in [0.2, 0.25) is 0 Å². The van der Waals surface area contributed by atoms with Gasteiger partial charge < -0.3 is 0 Å². The van der Waals surface area contributed by atoms with E-state index in [1.165, 1.54) is 16.7 Å². The largest absolute Gasteiger partial charge is 0.148 e. The van der Waals surface area contributed by atoms with Crippen molar-refractivity contribution in [1.82, 2.24) is 10.2 Å². The van der Waals surface area contributed by atoms with E-state index in [4.69, 9.17) is 11.6 Å². The molecule has 0 spiro atoms. The van der Waals surface area contributed by atoms with Gasteiger partial charge in [-0.1, -0.05) is 29.5 Å². The van der Waals surface area contributed by atoms with Crippen molar-refractivity contribution in [1.29, 1.82) is 0 Å². The second-order valence-corrected chi connectivity index (χ2v) is 5.49. The van der Waals surface area contributed by atoms with Gasteiger partial charge in [-0.3, -0.25) is 0 Å². The average Bonchev–Trinajstić information content (AvgIpc) is 2.66. The van der Waals surface area contributed by atoms with Crippen LogP contribution in [0.1, 0.15) is 28.4 Å². The quantitative estimate of drug-likeness (QED) is 0.752. The maximum Gasteiger partial charge on any atom is 0.148 e. The number of hydrogen-bond acceptors (Lipinski definition) is 3. The number of aryl methyl sites for hydroxylation is 2. The van der Waals surface area contributed by atoms with Crippen molar-refractivity contribution in [2.24, 2.45) is 0 Å². The highest BCUT2D eigenvalue weighted by Gasteiger charge is 2.13. The van der Waals surface area contributed by atoms with E-state index in [1.807, 2.05) is 6.92 Å². The Hall–Kier alpha value is -0.930. The van der Waals surface area contributed by atoms with Crippen LogP contribution >= 0.6 is 22.9 Å². The fourth-order valence-electron chi connectivity index (χ4n) is 1.65. The molecule has 0 saturated carbocycles. The van der Waals surface area contributed by atoms with Crippen molar-refractivity contribution in [2.75, 3.05) is 0 Å². The summed E-state index contributed by atoms with van der Waals surface area (Å²) in [7, 11) is 0. The van der Waals surface area contributed by atoms with Gasteiger partial charge in [0.05, 0.1) is 5.38 Å². The zero-order chi connectivity index (χ0) is 11.7. The van der Waals surface area contributed by atoms with Gasteiger partial charge in [0, 0.05) is 5.56 Å². The molecule has 2 nitrogen and oxygen atoms in total. The van der Waals surface area contributed by atoms with Gasteiger partial charge >= 0.3 is 0 Å². The lowest BCUT2D eigenvalue weighted by molar-refractivity contribution is 0.962. The molecule has 0 saturated heterocycles. The minimum atomic E-state index is -0.0735. The first-order valence-electron chi connectivity index (χ1n) is 5.13. The standard InChI is InChI=1S/C12H13ClN2S/c1-7-5-4-6-8(2)10(7)12-15-14-11(16-12)9(3)13/h4-6,9H,1-3H3. The van der Waals surface area contributed by atoms with Crippen molar-refractivity contribution < 1.29 is 0 Å². The molecule has 0 aliphatic rings. The molecule has 0 aliphatic carbocycles. The number of benzene rings is 1. The average molecular weight is 253 g/mol. The molecule has 0 fully saturated rings. The number of alkyl halides is 1. The molecule has 1 heterocycles. The third kappa shape index (κ3) is 2.11. The predicted octanol–water partition coefficient (Wildman–Crippen LogP) is 4.12. The maximum absolute atomic E-state index is 5.99. The Labute approximate surface area is 104 Å². The molecule has 0 bridgehead atoms. The van der Waals surface area contributed by atoms with Crippen LogP contribution in [-0.2, 0) is 0 Å². The summed E-state index contributed by atoms with van der Waals surface area (Å²) in [6, 6.07) is 6.24. The topological polar surface area (TPSA) is 25.8 Å². The van der Waals surface area contributed by atoms with Crippen LogP contribution in [-0.4, -0.2) is 10.2 Å². The van der Waals surface area contributed by atoms with Gasteiger partial charge in [-0.2, -0.15) is 0 Å². The summed E-state index contributed by atoms with van der Waals surface area (Å²) in [6.07, 6.45) is 0. The summed E-state index contributed by atoms with van der Waals surface area (Å²) in [6.45, 7) is 6.09. The van der Waals surface area contributed by atoms with E-state index in [0.717, 1.165) is 10.0 Å². The molecule has 1 aromatic carbocycles. The highest BCUT2D eigenvalue weighted by molar-refractivity contribution is 7.15. The number of halogens is 1. The van der Waals surface area contributed by atoms with Crippen molar-refractivity contribution in [3.63, 3.8) is 0 Å². The highest BCUT2D eigenvalue weighted by atomic mass is 35.5. The molecule has 84 valence electrons. The molecule has 4 heteroatoms. The van der Waals surface area contributed by atoms with Crippen LogP contribution in [0, 0.1) is 13.8 Å². The van der Waals surface area contributed by atoms with Crippen LogP contribution in [0.2, 0.25) is 0 Å². The highest BCUT2D eigenvalue weighted by Crippen LogP contribution is 2.32. The Balaban J connectivity index is 2.50. The van der Waals surface area contributed by atoms with Gasteiger partial charge in [-0.05, 0) is 31.9 Å². The SMILES string of the molecule is Cc1cccc(C)c1-c1nnc(C(C)Cl)s1. The second-order valence-electron chi connectivity index (χ2n) is 3.83. The molecule has 1 aromatic heterocycles. The molecule has 16 heavy (non-hydrogen) atoms. The third-order valence-electron chi connectivity index (χ3n) is 2.48. The first kappa shape index (κ1) is 11.6. The van der Waals surface area contributed by atoms with E-state index in [9.17, 15) is 0 Å². The summed E-state index contributed by atoms with van der Waals surface area (Å²) in [5.74, 6) is 0. The minimum Gasteiger partial charge on any atom is -0.142 e. The Morgan fingerprint density at radius 3 is 2.31 bits per heavy atom. The Kier molecular flexibility index (Phi) is 3.26. The number of aromatic nitrogens is 2. The van der Waals surface area contributed by atoms with Crippen LogP contribution in [0.4, 0.5) is 0 Å². The minimum absolute atomic E-state index is 0.0735. The van der Waals surface area contributed by atoms with E-state index < -0.39 is 0 Å². The lowest BCUT2D eigenvalue weighted by Crippen LogP contribution is -1.86. The van der Waals surface area contributed by atoms with Gasteiger partial charge in [-0.25, -0.2) is 0 Å². The van der Waals surface area contributed by atoms with Crippen molar-refractivity contribution in [3.8, 4) is 10.6 Å². The maximum atomic E-state index is 5.99. The summed E-state index contributed by atoms with van der Waals surface area (Å²) in [5, 5.41) is 10.1. The first-order valence-corrected chi connectivity index (χ1v) is 6.39. The van der Waals surface area contributed by atoms with E-state index >= 15 is 0 Å². The zero-order valence-electron chi connectivity index (χ0n) is 9.49. The number of nitrogens with zero attached hydrogens (tertiary/aromatic N) is 2. The normalized spacial score (nSPS) is 12.8. The Bertz CT molecular complexity index is 485. The fourth-order valence-corrected chi connectivity index (χ4v) is 2.77. The fraction of sp³-hybridized carbons (Fsp3) is 0.333. The lowest BCUT2D eigenvalue weighted by atomic mass is 10.0. The van der Waals surface area contributed by atoms with Gasteiger partial charge in [0.15, 0.2) is 0 Å². The Morgan fingerprint density at radius 1 is 1.19 bits per heavy atom. The van der Waals surface area contributed by atoms with E-state index in [0.29, 0.717) is 0 Å². The molecule has 1 atom stereocenters. The molecule has 0 radical (unpaired) electrons. The van der Waals surface area contributed by atoms with Crippen LogP contribution in [0.5, 0.6) is 0 Å². The van der Waals surface area contributed by atoms with Gasteiger partial charge in [0.1, 0.15) is 10.0 Å². The lowest BCUT2D eigenvalue weighted by Gasteiger charge is -2.04. The molecule has 1 unspecified atom stereocenters. The van der Waals surface area contributed by atoms with Crippen molar-refractivity contribution >= 4 is 22.9 Å². The van der Waals surface area contributed by atoms with Gasteiger partial charge in [-0.15, -0.1) is 21.8 Å². The molecule has 0 aliphatic heterocycles. The summed E-state index contributed by atoms with van der Waals surface area (Å²) < 4.78 is 0. The number of rotatable bonds is 2. The zero-order valence-corrected chi connectivity index (χ0v) is 11.1.